The molecule has 1 rings (SSSR count). The minimum atomic E-state index is -0.403. The fourth-order valence-corrected chi connectivity index (χ4v) is 2.24. The highest BCUT2D eigenvalue weighted by atomic mass is 16.2. The van der Waals surface area contributed by atoms with Gasteiger partial charge in [0.05, 0.1) is 0 Å². The van der Waals surface area contributed by atoms with Crippen molar-refractivity contribution in [2.75, 3.05) is 6.54 Å². The van der Waals surface area contributed by atoms with Crippen LogP contribution in [0.4, 0.5) is 0 Å². The third-order valence-corrected chi connectivity index (χ3v) is 2.89. The van der Waals surface area contributed by atoms with Crippen LogP contribution in [0.15, 0.2) is 0 Å². The normalized spacial score (nSPS) is 26.4. The van der Waals surface area contributed by atoms with Crippen molar-refractivity contribution in [3.63, 3.8) is 0 Å². The molecule has 0 aromatic heterocycles. The molecule has 1 saturated heterocycles. The first-order valence-electron chi connectivity index (χ1n) is 6.24. The van der Waals surface area contributed by atoms with E-state index in [-0.39, 0.29) is 29.2 Å². The zero-order valence-electron chi connectivity index (χ0n) is 11.7. The molecule has 1 aliphatic heterocycles. The number of nitrogens with one attached hydrogen (secondary N) is 1. The predicted molar refractivity (Wildman–Crippen MR) is 67.4 cm³/mol. The molecule has 4 nitrogen and oxygen atoms in total. The van der Waals surface area contributed by atoms with E-state index >= 15 is 0 Å². The van der Waals surface area contributed by atoms with Crippen LogP contribution in [0.25, 0.3) is 0 Å². The number of rotatable bonds is 2. The van der Waals surface area contributed by atoms with Crippen molar-refractivity contribution in [1.82, 2.24) is 10.2 Å². The van der Waals surface area contributed by atoms with Crippen molar-refractivity contribution >= 4 is 11.8 Å². The summed E-state index contributed by atoms with van der Waals surface area (Å²) in [7, 11) is 0. The lowest BCUT2D eigenvalue weighted by atomic mass is 9.91. The van der Waals surface area contributed by atoms with Crippen molar-refractivity contribution in [2.45, 2.75) is 53.6 Å². The van der Waals surface area contributed by atoms with Gasteiger partial charge in [-0.05, 0) is 18.3 Å². The second kappa shape index (κ2) is 4.67. The standard InChI is InChI=1S/C13H24N2O2/c1-8(2)10-11(16)14-9(3)12(17)15(10)7-13(4,5)6/h8-10H,7H2,1-6H3,(H,14,16). The van der Waals surface area contributed by atoms with Gasteiger partial charge in [0.25, 0.3) is 0 Å². The summed E-state index contributed by atoms with van der Waals surface area (Å²) in [6.45, 7) is 12.5. The molecule has 0 aromatic carbocycles. The third kappa shape index (κ3) is 3.20. The molecule has 0 aromatic rings. The lowest BCUT2D eigenvalue weighted by Crippen LogP contribution is -2.65. The van der Waals surface area contributed by atoms with Gasteiger partial charge in [-0.15, -0.1) is 0 Å². The molecule has 1 aliphatic rings. The van der Waals surface area contributed by atoms with Crippen LogP contribution in [0.3, 0.4) is 0 Å². The van der Waals surface area contributed by atoms with Crippen LogP contribution in [0.2, 0.25) is 0 Å². The third-order valence-electron chi connectivity index (χ3n) is 2.89. The van der Waals surface area contributed by atoms with Crippen molar-refractivity contribution in [1.29, 1.82) is 0 Å². The Balaban J connectivity index is 2.99. The van der Waals surface area contributed by atoms with Gasteiger partial charge in [-0.2, -0.15) is 0 Å². The first kappa shape index (κ1) is 14.0. The first-order valence-corrected chi connectivity index (χ1v) is 6.24. The van der Waals surface area contributed by atoms with Crippen LogP contribution >= 0.6 is 0 Å². The van der Waals surface area contributed by atoms with E-state index in [0.717, 1.165) is 0 Å². The van der Waals surface area contributed by atoms with Gasteiger partial charge in [-0.1, -0.05) is 34.6 Å². The molecule has 0 aliphatic carbocycles. The first-order chi connectivity index (χ1) is 7.63. The Morgan fingerprint density at radius 1 is 1.29 bits per heavy atom. The number of hydrogen-bond donors (Lipinski definition) is 1. The number of carbonyl (C=O) groups excluding carboxylic acids is 2. The van der Waals surface area contributed by atoms with E-state index in [4.69, 9.17) is 0 Å². The summed E-state index contributed by atoms with van der Waals surface area (Å²) in [6, 6.07) is -0.738. The fourth-order valence-electron chi connectivity index (χ4n) is 2.24. The van der Waals surface area contributed by atoms with E-state index in [2.05, 4.69) is 26.1 Å². The van der Waals surface area contributed by atoms with Gasteiger partial charge in [-0.25, -0.2) is 0 Å². The van der Waals surface area contributed by atoms with Crippen LogP contribution in [-0.4, -0.2) is 35.3 Å². The predicted octanol–water partition coefficient (Wildman–Crippen LogP) is 1.40. The Morgan fingerprint density at radius 3 is 2.24 bits per heavy atom. The molecule has 0 spiro atoms. The van der Waals surface area contributed by atoms with E-state index in [9.17, 15) is 9.59 Å². The highest BCUT2D eigenvalue weighted by molar-refractivity contribution is 5.96. The largest absolute Gasteiger partial charge is 0.343 e. The Bertz CT molecular complexity index is 318. The minimum Gasteiger partial charge on any atom is -0.343 e. The molecule has 0 radical (unpaired) electrons. The zero-order chi connectivity index (χ0) is 13.4. The van der Waals surface area contributed by atoms with Gasteiger partial charge < -0.3 is 10.2 Å². The summed E-state index contributed by atoms with van der Waals surface area (Å²) in [4.78, 5) is 25.9. The maximum absolute atomic E-state index is 12.2. The number of amides is 2. The summed E-state index contributed by atoms with van der Waals surface area (Å²) in [5.74, 6) is 0.128. The SMILES string of the molecule is CC1NC(=O)C(C(C)C)N(CC(C)(C)C)C1=O. The smallest absolute Gasteiger partial charge is 0.245 e. The summed E-state index contributed by atoms with van der Waals surface area (Å²) in [6.07, 6.45) is 0. The van der Waals surface area contributed by atoms with E-state index in [1.807, 2.05) is 13.8 Å². The summed E-state index contributed by atoms with van der Waals surface area (Å²) in [5.41, 5.74) is 0.000139. The molecule has 1 heterocycles. The van der Waals surface area contributed by atoms with E-state index in [1.165, 1.54) is 0 Å². The average Bonchev–Trinajstić information content (AvgIpc) is 2.10. The maximum Gasteiger partial charge on any atom is 0.245 e. The van der Waals surface area contributed by atoms with Gasteiger partial charge in [0.2, 0.25) is 11.8 Å². The van der Waals surface area contributed by atoms with Crippen LogP contribution < -0.4 is 5.32 Å². The second-order valence-corrected chi connectivity index (χ2v) is 6.45. The molecule has 17 heavy (non-hydrogen) atoms. The zero-order valence-corrected chi connectivity index (χ0v) is 11.7. The molecule has 1 N–H and O–H groups in total. The van der Waals surface area contributed by atoms with Crippen molar-refractivity contribution in [3.05, 3.63) is 0 Å². The average molecular weight is 240 g/mol. The Morgan fingerprint density at radius 2 is 1.82 bits per heavy atom. The number of piperazine rings is 1. The summed E-state index contributed by atoms with van der Waals surface area (Å²) < 4.78 is 0. The minimum absolute atomic E-state index is 0.000139. The van der Waals surface area contributed by atoms with Crippen molar-refractivity contribution < 1.29 is 9.59 Å². The van der Waals surface area contributed by atoms with Crippen LogP contribution in [-0.2, 0) is 9.59 Å². The number of carbonyl (C=O) groups is 2. The molecule has 2 unspecified atom stereocenters. The molecular formula is C13H24N2O2. The van der Waals surface area contributed by atoms with E-state index in [0.29, 0.717) is 6.54 Å². The lowest BCUT2D eigenvalue weighted by Gasteiger charge is -2.42. The fraction of sp³-hybridized carbons (Fsp3) is 0.846. The number of nitrogens with zero attached hydrogens (tertiary/aromatic N) is 1. The van der Waals surface area contributed by atoms with E-state index < -0.39 is 6.04 Å². The summed E-state index contributed by atoms with van der Waals surface area (Å²) >= 11 is 0. The molecule has 0 saturated carbocycles. The molecule has 1 fully saturated rings. The Hall–Kier alpha value is -1.06. The topological polar surface area (TPSA) is 49.4 Å². The Labute approximate surface area is 104 Å². The highest BCUT2D eigenvalue weighted by Gasteiger charge is 2.41. The molecule has 2 atom stereocenters. The van der Waals surface area contributed by atoms with E-state index in [1.54, 1.807) is 11.8 Å². The maximum atomic E-state index is 12.2. The van der Waals surface area contributed by atoms with Gasteiger partial charge in [-0.3, -0.25) is 9.59 Å². The van der Waals surface area contributed by atoms with Gasteiger partial charge in [0.1, 0.15) is 12.1 Å². The number of hydrogen-bond acceptors (Lipinski definition) is 2. The van der Waals surface area contributed by atoms with Crippen molar-refractivity contribution in [2.24, 2.45) is 11.3 Å². The highest BCUT2D eigenvalue weighted by Crippen LogP contribution is 2.23. The molecule has 2 amide bonds. The second-order valence-electron chi connectivity index (χ2n) is 6.45. The van der Waals surface area contributed by atoms with Crippen LogP contribution in [0, 0.1) is 11.3 Å². The Kier molecular flexibility index (Phi) is 3.84. The van der Waals surface area contributed by atoms with Gasteiger partial charge in [0, 0.05) is 6.54 Å². The molecular weight excluding hydrogens is 216 g/mol. The lowest BCUT2D eigenvalue weighted by molar-refractivity contribution is -0.152. The molecule has 98 valence electrons. The molecule has 0 bridgehead atoms. The quantitative estimate of drug-likeness (QED) is 0.793. The van der Waals surface area contributed by atoms with Gasteiger partial charge >= 0.3 is 0 Å². The van der Waals surface area contributed by atoms with Crippen molar-refractivity contribution in [3.8, 4) is 0 Å². The summed E-state index contributed by atoms with van der Waals surface area (Å²) in [5, 5.41) is 2.75. The van der Waals surface area contributed by atoms with Gasteiger partial charge in [0.15, 0.2) is 0 Å². The van der Waals surface area contributed by atoms with Crippen LogP contribution in [0.5, 0.6) is 0 Å². The molecule has 4 heteroatoms. The monoisotopic (exact) mass is 240 g/mol. The van der Waals surface area contributed by atoms with Crippen LogP contribution in [0.1, 0.15) is 41.5 Å².